The van der Waals surface area contributed by atoms with Crippen LogP contribution >= 0.6 is 11.6 Å². The third-order valence-electron chi connectivity index (χ3n) is 2.08. The molecule has 8 nitrogen and oxygen atoms in total. The first kappa shape index (κ1) is 12.0. The zero-order valence-corrected chi connectivity index (χ0v) is 9.40. The molecule has 1 N–H and O–H groups in total. The number of carboxylic acid groups (broad SMARTS) is 1. The fourth-order valence-electron chi connectivity index (χ4n) is 1.33. The summed E-state index contributed by atoms with van der Waals surface area (Å²) < 4.78 is 1.01. The predicted molar refractivity (Wildman–Crippen MR) is 60.0 cm³/mol. The lowest BCUT2D eigenvalue weighted by atomic mass is 10.2. The zero-order chi connectivity index (χ0) is 13.3. The third kappa shape index (κ3) is 2.13. The first-order valence-electron chi connectivity index (χ1n) is 4.58. The molecule has 0 atom stereocenters. The lowest BCUT2D eigenvalue weighted by Crippen LogP contribution is -2.06. The fraction of sp³-hybridized carbons (Fsp3) is 0. The van der Waals surface area contributed by atoms with Crippen LogP contribution in [0, 0.1) is 10.1 Å². The second kappa shape index (κ2) is 4.41. The van der Waals surface area contributed by atoms with E-state index in [1.807, 2.05) is 0 Å². The van der Waals surface area contributed by atoms with Crippen molar-refractivity contribution in [1.29, 1.82) is 0 Å². The summed E-state index contributed by atoms with van der Waals surface area (Å²) in [5.41, 5.74) is 0.0230. The second-order valence-corrected chi connectivity index (χ2v) is 3.65. The molecule has 92 valence electrons. The van der Waals surface area contributed by atoms with Crippen LogP contribution in [0.1, 0.15) is 10.4 Å². The first-order valence-corrected chi connectivity index (χ1v) is 4.96. The fourth-order valence-corrected chi connectivity index (χ4v) is 1.51. The monoisotopic (exact) mass is 268 g/mol. The molecule has 0 fully saturated rings. The van der Waals surface area contributed by atoms with Gasteiger partial charge in [-0.05, 0) is 23.1 Å². The Bertz CT molecular complexity index is 639. The van der Waals surface area contributed by atoms with E-state index in [0.717, 1.165) is 11.0 Å². The molecule has 9 heteroatoms. The summed E-state index contributed by atoms with van der Waals surface area (Å²) in [6.45, 7) is 0. The van der Waals surface area contributed by atoms with Crippen LogP contribution in [-0.2, 0) is 0 Å². The van der Waals surface area contributed by atoms with Crippen LogP contribution in [0.15, 0.2) is 24.5 Å². The number of aromatic carboxylic acids is 1. The molecule has 0 aliphatic heterocycles. The van der Waals surface area contributed by atoms with Crippen molar-refractivity contribution in [2.75, 3.05) is 0 Å². The Morgan fingerprint density at radius 2 is 2.22 bits per heavy atom. The number of rotatable bonds is 3. The van der Waals surface area contributed by atoms with Crippen molar-refractivity contribution in [2.45, 2.75) is 0 Å². The molecule has 0 saturated carbocycles. The van der Waals surface area contributed by atoms with Gasteiger partial charge in [-0.3, -0.25) is 0 Å². The van der Waals surface area contributed by atoms with E-state index in [9.17, 15) is 14.9 Å². The molecule has 0 aliphatic carbocycles. The van der Waals surface area contributed by atoms with Crippen LogP contribution in [0.4, 0.5) is 5.95 Å². The largest absolute Gasteiger partial charge is 0.491 e. The lowest BCUT2D eigenvalue weighted by molar-refractivity contribution is -0.394. The van der Waals surface area contributed by atoms with E-state index in [4.69, 9.17) is 16.7 Å². The Labute approximate surface area is 105 Å². The molecule has 0 saturated heterocycles. The molecule has 1 aromatic heterocycles. The Hall–Kier alpha value is -2.48. The Kier molecular flexibility index (Phi) is 2.94. The summed E-state index contributed by atoms with van der Waals surface area (Å²) in [7, 11) is 0. The van der Waals surface area contributed by atoms with Gasteiger partial charge in [-0.25, -0.2) is 4.79 Å². The third-order valence-corrected chi connectivity index (χ3v) is 2.31. The molecule has 0 spiro atoms. The minimum Gasteiger partial charge on any atom is -0.478 e. The SMILES string of the molecule is O=C(O)c1cc(Cl)ccc1-n1cnc([N+](=O)[O-])n1. The van der Waals surface area contributed by atoms with Gasteiger partial charge >= 0.3 is 11.9 Å². The van der Waals surface area contributed by atoms with Gasteiger partial charge in [0, 0.05) is 10.1 Å². The van der Waals surface area contributed by atoms with Crippen LogP contribution in [-0.4, -0.2) is 30.8 Å². The Morgan fingerprint density at radius 3 is 2.78 bits per heavy atom. The normalized spacial score (nSPS) is 10.3. The summed E-state index contributed by atoms with van der Waals surface area (Å²) >= 11 is 5.69. The molecule has 0 radical (unpaired) electrons. The number of benzene rings is 1. The van der Waals surface area contributed by atoms with Crippen LogP contribution in [0.25, 0.3) is 5.69 Å². The van der Waals surface area contributed by atoms with E-state index in [0.29, 0.717) is 0 Å². The highest BCUT2D eigenvalue weighted by Crippen LogP contribution is 2.19. The molecule has 1 aromatic carbocycles. The van der Waals surface area contributed by atoms with Crippen LogP contribution < -0.4 is 0 Å². The Balaban J connectivity index is 2.55. The maximum Gasteiger partial charge on any atom is 0.491 e. The Morgan fingerprint density at radius 1 is 1.50 bits per heavy atom. The lowest BCUT2D eigenvalue weighted by Gasteiger charge is -2.02. The van der Waals surface area contributed by atoms with Crippen LogP contribution in [0.3, 0.4) is 0 Å². The van der Waals surface area contributed by atoms with Gasteiger partial charge in [0.15, 0.2) is 0 Å². The summed E-state index contributed by atoms with van der Waals surface area (Å²) in [5.74, 6) is -1.83. The van der Waals surface area contributed by atoms with Crippen molar-refractivity contribution in [3.8, 4) is 5.69 Å². The minimum absolute atomic E-state index is 0.123. The summed E-state index contributed by atoms with van der Waals surface area (Å²) in [4.78, 5) is 24.2. The molecule has 0 amide bonds. The van der Waals surface area contributed by atoms with Crippen molar-refractivity contribution in [1.82, 2.24) is 14.8 Å². The van der Waals surface area contributed by atoms with Gasteiger partial charge in [0.25, 0.3) is 0 Å². The van der Waals surface area contributed by atoms with Gasteiger partial charge in [0.1, 0.15) is 0 Å². The number of nitrogens with zero attached hydrogens (tertiary/aromatic N) is 4. The van der Waals surface area contributed by atoms with Gasteiger partial charge < -0.3 is 15.2 Å². The van der Waals surface area contributed by atoms with Gasteiger partial charge in [-0.15, -0.1) is 4.68 Å². The van der Waals surface area contributed by atoms with E-state index < -0.39 is 16.8 Å². The summed E-state index contributed by atoms with van der Waals surface area (Å²) in [6, 6.07) is 4.08. The van der Waals surface area contributed by atoms with Gasteiger partial charge in [-0.1, -0.05) is 16.6 Å². The number of carboxylic acids is 1. The topological polar surface area (TPSA) is 111 Å². The number of nitro groups is 1. The summed E-state index contributed by atoms with van der Waals surface area (Å²) in [5, 5.41) is 23.3. The number of aromatic nitrogens is 3. The van der Waals surface area contributed by atoms with Crippen molar-refractivity contribution in [3.05, 3.63) is 45.2 Å². The van der Waals surface area contributed by atoms with Gasteiger partial charge in [0.2, 0.25) is 6.33 Å². The molecular weight excluding hydrogens is 264 g/mol. The molecule has 2 aromatic rings. The van der Waals surface area contributed by atoms with E-state index in [1.54, 1.807) is 0 Å². The maximum atomic E-state index is 11.0. The molecule has 0 unspecified atom stereocenters. The molecule has 18 heavy (non-hydrogen) atoms. The molecule has 1 heterocycles. The van der Waals surface area contributed by atoms with Gasteiger partial charge in [-0.2, -0.15) is 0 Å². The molecule has 0 aliphatic rings. The standard InChI is InChI=1S/C9H5ClN4O4/c10-5-1-2-7(6(3-5)8(15)16)13-4-11-9(12-13)14(17)18/h1-4H,(H,15,16). The quantitative estimate of drug-likeness (QED) is 0.667. The maximum absolute atomic E-state index is 11.0. The zero-order valence-electron chi connectivity index (χ0n) is 8.65. The first-order chi connectivity index (χ1) is 8.49. The van der Waals surface area contributed by atoms with E-state index >= 15 is 0 Å². The minimum atomic E-state index is -1.22. The molecule has 0 bridgehead atoms. The average Bonchev–Trinajstić information content (AvgIpc) is 2.78. The number of carbonyl (C=O) groups is 1. The smallest absolute Gasteiger partial charge is 0.478 e. The van der Waals surface area contributed by atoms with E-state index in [2.05, 4.69) is 10.1 Å². The predicted octanol–water partition coefficient (Wildman–Crippen LogP) is 1.53. The van der Waals surface area contributed by atoms with Gasteiger partial charge in [0.05, 0.1) is 11.3 Å². The molecular formula is C9H5ClN4O4. The second-order valence-electron chi connectivity index (χ2n) is 3.21. The van der Waals surface area contributed by atoms with Crippen LogP contribution in [0.5, 0.6) is 0 Å². The van der Waals surface area contributed by atoms with E-state index in [-0.39, 0.29) is 16.3 Å². The number of hydrogen-bond donors (Lipinski definition) is 1. The highest BCUT2D eigenvalue weighted by molar-refractivity contribution is 6.31. The van der Waals surface area contributed by atoms with Crippen molar-refractivity contribution in [2.24, 2.45) is 0 Å². The van der Waals surface area contributed by atoms with Crippen molar-refractivity contribution < 1.29 is 14.8 Å². The molecule has 2 rings (SSSR count). The number of halogens is 1. The van der Waals surface area contributed by atoms with E-state index in [1.165, 1.54) is 18.2 Å². The highest BCUT2D eigenvalue weighted by Gasteiger charge is 2.19. The van der Waals surface area contributed by atoms with Crippen LogP contribution in [0.2, 0.25) is 5.02 Å². The average molecular weight is 269 g/mol. The number of hydrogen-bond acceptors (Lipinski definition) is 5. The highest BCUT2D eigenvalue weighted by atomic mass is 35.5. The van der Waals surface area contributed by atoms with Crippen molar-refractivity contribution in [3.63, 3.8) is 0 Å². The van der Waals surface area contributed by atoms with Crippen molar-refractivity contribution >= 4 is 23.5 Å². The summed E-state index contributed by atoms with van der Waals surface area (Å²) in [6.07, 6.45) is 1.06.